The second-order valence-electron chi connectivity index (χ2n) is 5.15. The average molecular weight is 268 g/mol. The zero-order valence-electron chi connectivity index (χ0n) is 10.00. The summed E-state index contributed by atoms with van der Waals surface area (Å²) in [7, 11) is 0. The molecule has 1 aromatic carbocycles. The number of hydrogen-bond donors (Lipinski definition) is 5. The zero-order chi connectivity index (χ0) is 13.8. The van der Waals surface area contributed by atoms with E-state index in [9.17, 15) is 25.5 Å². The summed E-state index contributed by atoms with van der Waals surface area (Å²) in [6, 6.07) is 8.72. The molecule has 1 aliphatic carbocycles. The van der Waals surface area contributed by atoms with E-state index in [1.165, 1.54) is 0 Å². The minimum atomic E-state index is -1.81. The molecule has 2 unspecified atom stereocenters. The lowest BCUT2D eigenvalue weighted by atomic mass is 9.57. The molecule has 1 aromatic rings. The van der Waals surface area contributed by atoms with Gasteiger partial charge in [0, 0.05) is 5.92 Å². The van der Waals surface area contributed by atoms with E-state index in [2.05, 4.69) is 0 Å². The summed E-state index contributed by atoms with van der Waals surface area (Å²) in [5.74, 6) is -0.768. The van der Waals surface area contributed by atoms with E-state index in [1.54, 1.807) is 30.3 Å². The van der Waals surface area contributed by atoms with Crippen LogP contribution in [0.15, 0.2) is 30.3 Å². The summed E-state index contributed by atoms with van der Waals surface area (Å²) >= 11 is 0. The Bertz CT molecular complexity index is 461. The second kappa shape index (κ2) is 4.24. The number of aliphatic hydroxyl groups is 5. The minimum absolute atomic E-state index is 0.639. The van der Waals surface area contributed by atoms with Crippen molar-refractivity contribution in [2.24, 2.45) is 0 Å². The molecule has 1 saturated heterocycles. The molecule has 1 aliphatic heterocycles. The maximum atomic E-state index is 10.6. The number of benzene rings is 1. The van der Waals surface area contributed by atoms with Gasteiger partial charge in [-0.3, -0.25) is 0 Å². The summed E-state index contributed by atoms with van der Waals surface area (Å²) in [4.78, 5) is 0. The monoisotopic (exact) mass is 268 g/mol. The van der Waals surface area contributed by atoms with E-state index in [1.807, 2.05) is 0 Å². The molecule has 2 fully saturated rings. The summed E-state index contributed by atoms with van der Waals surface area (Å²) in [5.41, 5.74) is -1.17. The van der Waals surface area contributed by atoms with Crippen molar-refractivity contribution >= 4 is 0 Å². The fourth-order valence-electron chi connectivity index (χ4n) is 3.11. The molecule has 6 nitrogen and oxygen atoms in total. The van der Waals surface area contributed by atoms with Crippen LogP contribution < -0.4 is 0 Å². The maximum Gasteiger partial charge on any atom is 0.184 e. The molecule has 0 aromatic heterocycles. The van der Waals surface area contributed by atoms with Crippen LogP contribution in [0.25, 0.3) is 0 Å². The fraction of sp³-hybridized carbons (Fsp3) is 0.538. The van der Waals surface area contributed by atoms with Crippen molar-refractivity contribution in [2.75, 3.05) is 0 Å². The van der Waals surface area contributed by atoms with E-state index in [0.717, 1.165) is 0 Å². The molecule has 6 heteroatoms. The first-order valence-electron chi connectivity index (χ1n) is 6.13. The highest BCUT2D eigenvalue weighted by Crippen LogP contribution is 2.53. The lowest BCUT2D eigenvalue weighted by Crippen LogP contribution is -2.80. The predicted octanol–water partition coefficient (Wildman–Crippen LogP) is -1.69. The Morgan fingerprint density at radius 2 is 1.58 bits per heavy atom. The van der Waals surface area contributed by atoms with Gasteiger partial charge < -0.3 is 30.3 Å². The van der Waals surface area contributed by atoms with Gasteiger partial charge in [-0.05, 0) is 5.56 Å². The molecule has 5 N–H and O–H groups in total. The average Bonchev–Trinajstić information content (AvgIpc) is 2.42. The van der Waals surface area contributed by atoms with Gasteiger partial charge >= 0.3 is 0 Å². The molecular weight excluding hydrogens is 252 g/mol. The number of rotatable bonds is 1. The summed E-state index contributed by atoms with van der Waals surface area (Å²) in [6.45, 7) is 0. The number of aliphatic hydroxyl groups excluding tert-OH is 4. The number of fused-ring (bicyclic) bond motifs is 1. The van der Waals surface area contributed by atoms with Crippen molar-refractivity contribution in [1.29, 1.82) is 0 Å². The highest BCUT2D eigenvalue weighted by Gasteiger charge is 2.70. The van der Waals surface area contributed by atoms with Gasteiger partial charge in [0.1, 0.15) is 23.9 Å². The lowest BCUT2D eigenvalue weighted by Gasteiger charge is -2.61. The third-order valence-corrected chi connectivity index (χ3v) is 4.14. The van der Waals surface area contributed by atoms with Crippen LogP contribution in [0.3, 0.4) is 0 Å². The molecule has 7 atom stereocenters. The topological polar surface area (TPSA) is 110 Å². The molecule has 19 heavy (non-hydrogen) atoms. The molecule has 104 valence electrons. The molecule has 2 aliphatic rings. The normalized spacial score (nSPS) is 49.3. The Morgan fingerprint density at radius 3 is 2.21 bits per heavy atom. The molecule has 1 saturated carbocycles. The zero-order valence-corrected chi connectivity index (χ0v) is 10.00. The highest BCUT2D eigenvalue weighted by molar-refractivity contribution is 5.35. The first-order chi connectivity index (χ1) is 8.98. The van der Waals surface area contributed by atoms with E-state index in [4.69, 9.17) is 4.74 Å². The summed E-state index contributed by atoms with van der Waals surface area (Å²) in [5, 5.41) is 49.6. The smallest absolute Gasteiger partial charge is 0.184 e. The number of hydrogen-bond acceptors (Lipinski definition) is 6. The van der Waals surface area contributed by atoms with Gasteiger partial charge in [0.15, 0.2) is 6.29 Å². The molecule has 0 radical (unpaired) electrons. The standard InChI is InChI=1S/C13H16O6/c14-8-7(6-4-2-1-3-5-6)13(18)10(16)9(15)12(17)19-11(8)13/h1-5,7-12,14-18H/t7?,8?,9-,10-,11-,12+,13+/m1/s1. The van der Waals surface area contributed by atoms with Crippen LogP contribution in [-0.4, -0.2) is 61.8 Å². The lowest BCUT2D eigenvalue weighted by molar-refractivity contribution is -0.380. The van der Waals surface area contributed by atoms with Crippen molar-refractivity contribution in [3.8, 4) is 0 Å². The SMILES string of the molecule is OC1C(c2ccccc2)[C@@]2(O)[C@@H]1O[C@H](O)[C@H](O)[C@H]2O. The Labute approximate surface area is 109 Å². The Kier molecular flexibility index (Phi) is 2.90. The Balaban J connectivity index is 1.97. The van der Waals surface area contributed by atoms with E-state index < -0.39 is 42.2 Å². The quantitative estimate of drug-likeness (QED) is 0.416. The molecule has 1 heterocycles. The van der Waals surface area contributed by atoms with Gasteiger partial charge in [-0.15, -0.1) is 0 Å². The van der Waals surface area contributed by atoms with Crippen molar-refractivity contribution in [2.45, 2.75) is 42.2 Å². The van der Waals surface area contributed by atoms with Gasteiger partial charge in [0.05, 0.1) is 6.10 Å². The predicted molar refractivity (Wildman–Crippen MR) is 63.0 cm³/mol. The third-order valence-electron chi connectivity index (χ3n) is 4.14. The molecule has 0 bridgehead atoms. The summed E-state index contributed by atoms with van der Waals surface area (Å²) in [6.07, 6.45) is -6.99. The molecule has 3 rings (SSSR count). The van der Waals surface area contributed by atoms with Crippen LogP contribution in [0.2, 0.25) is 0 Å². The number of ether oxygens (including phenoxy) is 1. The minimum Gasteiger partial charge on any atom is -0.390 e. The van der Waals surface area contributed by atoms with Crippen LogP contribution in [0.4, 0.5) is 0 Å². The van der Waals surface area contributed by atoms with Gasteiger partial charge in [0.2, 0.25) is 0 Å². The van der Waals surface area contributed by atoms with Crippen LogP contribution in [0.1, 0.15) is 11.5 Å². The van der Waals surface area contributed by atoms with Crippen LogP contribution in [-0.2, 0) is 4.74 Å². The van der Waals surface area contributed by atoms with Gasteiger partial charge in [-0.2, -0.15) is 0 Å². The van der Waals surface area contributed by atoms with Crippen molar-refractivity contribution < 1.29 is 30.3 Å². The first-order valence-corrected chi connectivity index (χ1v) is 6.13. The first kappa shape index (κ1) is 13.0. The van der Waals surface area contributed by atoms with Gasteiger partial charge in [-0.1, -0.05) is 30.3 Å². The van der Waals surface area contributed by atoms with Crippen LogP contribution in [0, 0.1) is 0 Å². The summed E-state index contributed by atoms with van der Waals surface area (Å²) < 4.78 is 4.98. The van der Waals surface area contributed by atoms with Crippen molar-refractivity contribution in [3.05, 3.63) is 35.9 Å². The second-order valence-corrected chi connectivity index (χ2v) is 5.15. The van der Waals surface area contributed by atoms with E-state index in [-0.39, 0.29) is 0 Å². The molecular formula is C13H16O6. The molecule has 0 spiro atoms. The van der Waals surface area contributed by atoms with Crippen LogP contribution >= 0.6 is 0 Å². The van der Waals surface area contributed by atoms with Crippen molar-refractivity contribution in [3.63, 3.8) is 0 Å². The fourth-order valence-corrected chi connectivity index (χ4v) is 3.11. The van der Waals surface area contributed by atoms with E-state index in [0.29, 0.717) is 5.56 Å². The van der Waals surface area contributed by atoms with Gasteiger partial charge in [-0.25, -0.2) is 0 Å². The molecule has 0 amide bonds. The van der Waals surface area contributed by atoms with Crippen LogP contribution in [0.5, 0.6) is 0 Å². The highest BCUT2D eigenvalue weighted by atomic mass is 16.6. The Morgan fingerprint density at radius 1 is 0.947 bits per heavy atom. The maximum absolute atomic E-state index is 10.6. The largest absolute Gasteiger partial charge is 0.390 e. The van der Waals surface area contributed by atoms with E-state index >= 15 is 0 Å². The van der Waals surface area contributed by atoms with Crippen molar-refractivity contribution in [1.82, 2.24) is 0 Å². The Hall–Kier alpha value is -1.02. The van der Waals surface area contributed by atoms with Gasteiger partial charge in [0.25, 0.3) is 0 Å². The third kappa shape index (κ3) is 1.59.